The summed E-state index contributed by atoms with van der Waals surface area (Å²) in [6, 6.07) is 23.6. The van der Waals surface area contributed by atoms with Crippen molar-refractivity contribution < 1.29 is 38.7 Å². The number of ether oxygens (including phenoxy) is 2. The van der Waals surface area contributed by atoms with Gasteiger partial charge in [-0.15, -0.1) is 0 Å². The van der Waals surface area contributed by atoms with Crippen LogP contribution < -0.4 is 19.3 Å². The first-order chi connectivity index (χ1) is 25.5. The number of benzene rings is 4. The van der Waals surface area contributed by atoms with Crippen LogP contribution in [0.2, 0.25) is 5.02 Å². The lowest BCUT2D eigenvalue weighted by atomic mass is 9.49. The molecule has 6 unspecified atom stereocenters. The van der Waals surface area contributed by atoms with Gasteiger partial charge in [-0.25, -0.2) is 9.80 Å². The van der Waals surface area contributed by atoms with Crippen LogP contribution >= 0.6 is 11.6 Å². The number of nitro benzene ring substituents is 1. The lowest BCUT2D eigenvalue weighted by molar-refractivity contribution is -0.384. The number of nitrogens with zero attached hydrogens (tertiary/aromatic N) is 3. The minimum absolute atomic E-state index is 0.0323. The summed E-state index contributed by atoms with van der Waals surface area (Å²) >= 11 is 6.40. The fourth-order valence-corrected chi connectivity index (χ4v) is 9.45. The topological polar surface area (TPSA) is 157 Å². The number of allylic oxidation sites excluding steroid dienone is 2. The number of non-ortho nitro benzene ring substituents is 1. The molecule has 0 aromatic heterocycles. The Balaban J connectivity index is 1.38. The predicted molar refractivity (Wildman–Crippen MR) is 193 cm³/mol. The highest BCUT2D eigenvalue weighted by Gasteiger charge is 2.71. The average Bonchev–Trinajstić information content (AvgIpc) is 3.55. The Morgan fingerprint density at radius 3 is 2.11 bits per heavy atom. The van der Waals surface area contributed by atoms with Gasteiger partial charge in [0.15, 0.2) is 0 Å². The van der Waals surface area contributed by atoms with Gasteiger partial charge in [-0.05, 0) is 48.6 Å². The molecule has 1 N–H and O–H groups in total. The third-order valence-corrected chi connectivity index (χ3v) is 11.5. The molecule has 13 heteroatoms. The Morgan fingerprint density at radius 1 is 0.811 bits per heavy atom. The molecule has 4 aliphatic rings. The van der Waals surface area contributed by atoms with E-state index in [9.17, 15) is 29.6 Å². The molecular formula is C40H32ClN3O9. The molecule has 268 valence electrons. The van der Waals surface area contributed by atoms with E-state index in [0.29, 0.717) is 21.7 Å². The summed E-state index contributed by atoms with van der Waals surface area (Å²) in [6.45, 7) is 0. The third kappa shape index (κ3) is 4.88. The Kier molecular flexibility index (Phi) is 8.10. The molecule has 0 bridgehead atoms. The number of imide groups is 2. The first-order valence-corrected chi connectivity index (χ1v) is 17.4. The van der Waals surface area contributed by atoms with E-state index in [0.717, 1.165) is 9.80 Å². The number of fused-ring (bicyclic) bond motifs is 4. The molecule has 6 atom stereocenters. The third-order valence-electron chi connectivity index (χ3n) is 11.3. The average molecular weight is 734 g/mol. The second kappa shape index (κ2) is 12.6. The lowest BCUT2D eigenvalue weighted by Crippen LogP contribution is -2.53. The minimum Gasteiger partial charge on any atom is -0.508 e. The molecule has 53 heavy (non-hydrogen) atoms. The van der Waals surface area contributed by atoms with E-state index in [-0.39, 0.29) is 47.2 Å². The van der Waals surface area contributed by atoms with Crippen molar-refractivity contribution in [2.45, 2.75) is 24.2 Å². The number of nitro groups is 1. The van der Waals surface area contributed by atoms with Crippen LogP contribution in [-0.2, 0) is 24.6 Å². The maximum atomic E-state index is 15.5. The number of hydrogen-bond acceptors (Lipinski definition) is 9. The lowest BCUT2D eigenvalue weighted by Gasteiger charge is -2.51. The molecule has 2 aliphatic heterocycles. The van der Waals surface area contributed by atoms with Crippen LogP contribution in [0.25, 0.3) is 0 Å². The molecule has 1 saturated carbocycles. The van der Waals surface area contributed by atoms with E-state index in [2.05, 4.69) is 0 Å². The number of amides is 4. The highest BCUT2D eigenvalue weighted by Crippen LogP contribution is 2.66. The summed E-state index contributed by atoms with van der Waals surface area (Å²) in [5, 5.41) is 22.7. The quantitative estimate of drug-likeness (QED) is 0.0991. The first kappa shape index (κ1) is 34.1. The molecule has 2 saturated heterocycles. The molecule has 8 rings (SSSR count). The summed E-state index contributed by atoms with van der Waals surface area (Å²) in [5.74, 6) is -6.37. The van der Waals surface area contributed by atoms with E-state index < -0.39 is 63.6 Å². The van der Waals surface area contributed by atoms with E-state index in [1.165, 1.54) is 50.6 Å². The van der Waals surface area contributed by atoms with Crippen molar-refractivity contribution in [1.82, 2.24) is 0 Å². The van der Waals surface area contributed by atoms with Crippen molar-refractivity contribution >= 4 is 52.3 Å². The largest absolute Gasteiger partial charge is 0.508 e. The number of rotatable bonds is 7. The number of methoxy groups -OCH3 is 2. The van der Waals surface area contributed by atoms with Gasteiger partial charge in [-0.2, -0.15) is 0 Å². The molecule has 0 radical (unpaired) electrons. The van der Waals surface area contributed by atoms with Gasteiger partial charge in [0, 0.05) is 40.8 Å². The zero-order valence-corrected chi connectivity index (χ0v) is 29.2. The number of aromatic hydroxyl groups is 1. The molecule has 2 aliphatic carbocycles. The maximum Gasteiger partial charge on any atom is 0.271 e. The standard InChI is InChI=1S/C40H32ClN3O9/c1-52-31-18-26(45)19-32(53-2)34(31)35-27-14-15-28-33(38(48)42(36(28)46)24-12-7-13-25(17-24)44(50)51)29(27)20-30-37(47)43(23-11-6-10-22(41)16-23)39(49)40(30,35)21-8-4-3-5-9-21/h3-14,16-19,28-30,33,35,45H,15,20H2,1-2H3. The first-order valence-electron chi connectivity index (χ1n) is 17.0. The van der Waals surface area contributed by atoms with Crippen LogP contribution in [-0.4, -0.2) is 47.9 Å². The zero-order chi connectivity index (χ0) is 37.3. The van der Waals surface area contributed by atoms with Gasteiger partial charge in [0.05, 0.1) is 53.7 Å². The van der Waals surface area contributed by atoms with E-state index in [1.807, 2.05) is 12.1 Å². The van der Waals surface area contributed by atoms with Crippen LogP contribution in [0.15, 0.2) is 103 Å². The van der Waals surface area contributed by atoms with Crippen LogP contribution in [0.5, 0.6) is 17.2 Å². The van der Waals surface area contributed by atoms with Gasteiger partial charge in [0.25, 0.3) is 5.69 Å². The van der Waals surface area contributed by atoms with E-state index in [1.54, 1.807) is 48.5 Å². The van der Waals surface area contributed by atoms with Crippen molar-refractivity contribution in [3.05, 3.63) is 129 Å². The van der Waals surface area contributed by atoms with E-state index >= 15 is 4.79 Å². The van der Waals surface area contributed by atoms with Gasteiger partial charge >= 0.3 is 0 Å². The number of anilines is 2. The highest BCUT2D eigenvalue weighted by molar-refractivity contribution is 6.32. The monoisotopic (exact) mass is 733 g/mol. The summed E-state index contributed by atoms with van der Waals surface area (Å²) in [5.41, 5.74) is 0.0472. The zero-order valence-electron chi connectivity index (χ0n) is 28.5. The number of carbonyl (C=O) groups excluding carboxylic acids is 4. The van der Waals surface area contributed by atoms with Gasteiger partial charge in [0.1, 0.15) is 17.2 Å². The second-order valence-electron chi connectivity index (χ2n) is 13.6. The Hall–Kier alpha value is -6.01. The molecule has 2 heterocycles. The van der Waals surface area contributed by atoms with E-state index in [4.69, 9.17) is 21.1 Å². The number of halogens is 1. The van der Waals surface area contributed by atoms with Gasteiger partial charge < -0.3 is 14.6 Å². The number of phenolic OH excluding ortho intramolecular Hbond substituents is 1. The number of phenols is 1. The van der Waals surface area contributed by atoms with Crippen LogP contribution in [0.3, 0.4) is 0 Å². The van der Waals surface area contributed by atoms with Crippen LogP contribution in [0.1, 0.15) is 29.9 Å². The highest BCUT2D eigenvalue weighted by atomic mass is 35.5. The molecule has 12 nitrogen and oxygen atoms in total. The Morgan fingerprint density at radius 2 is 1.47 bits per heavy atom. The fourth-order valence-electron chi connectivity index (χ4n) is 9.27. The van der Waals surface area contributed by atoms with Crippen LogP contribution in [0, 0.1) is 33.8 Å². The van der Waals surface area contributed by atoms with Gasteiger partial charge in [-0.3, -0.25) is 29.3 Å². The van der Waals surface area contributed by atoms with Crippen molar-refractivity contribution in [3.63, 3.8) is 0 Å². The molecule has 4 amide bonds. The second-order valence-corrected chi connectivity index (χ2v) is 14.1. The summed E-state index contributed by atoms with van der Waals surface area (Å²) in [6.07, 6.45) is 2.04. The summed E-state index contributed by atoms with van der Waals surface area (Å²) in [7, 11) is 2.85. The van der Waals surface area contributed by atoms with Gasteiger partial charge in [0.2, 0.25) is 23.6 Å². The smallest absolute Gasteiger partial charge is 0.271 e. The normalized spacial score (nSPS) is 26.2. The van der Waals surface area contributed by atoms with Crippen molar-refractivity contribution in [3.8, 4) is 17.2 Å². The van der Waals surface area contributed by atoms with Gasteiger partial charge in [-0.1, -0.05) is 65.7 Å². The fraction of sp³-hybridized carbons (Fsp3) is 0.250. The molecule has 0 spiro atoms. The predicted octanol–water partition coefficient (Wildman–Crippen LogP) is 6.34. The van der Waals surface area contributed by atoms with Crippen molar-refractivity contribution in [2.75, 3.05) is 24.0 Å². The maximum absolute atomic E-state index is 15.5. The molecule has 3 fully saturated rings. The van der Waals surface area contributed by atoms with Crippen LogP contribution in [0.4, 0.5) is 17.1 Å². The number of carbonyl (C=O) groups is 4. The van der Waals surface area contributed by atoms with Crippen molar-refractivity contribution in [1.29, 1.82) is 0 Å². The summed E-state index contributed by atoms with van der Waals surface area (Å²) in [4.78, 5) is 72.4. The van der Waals surface area contributed by atoms with Crippen molar-refractivity contribution in [2.24, 2.45) is 23.7 Å². The molecule has 4 aromatic rings. The Labute approximate surface area is 308 Å². The SMILES string of the molecule is COc1cc(O)cc(OC)c1C1C2=CCC3C(=O)N(c4cccc([N+](=O)[O-])c4)C(=O)C3C2CC2C(=O)N(c3cccc(Cl)c3)C(=O)C21c1ccccc1. The number of hydrogen-bond donors (Lipinski definition) is 1. The Bertz CT molecular complexity index is 2250. The minimum atomic E-state index is -1.61. The molecular weight excluding hydrogens is 702 g/mol. The molecule has 4 aromatic carbocycles. The summed E-state index contributed by atoms with van der Waals surface area (Å²) < 4.78 is 11.7.